The number of nitrogens with zero attached hydrogens (tertiary/aromatic N) is 1. The van der Waals surface area contributed by atoms with Gasteiger partial charge in [0.15, 0.2) is 6.29 Å². The van der Waals surface area contributed by atoms with Crippen molar-refractivity contribution in [3.8, 4) is 6.07 Å². The summed E-state index contributed by atoms with van der Waals surface area (Å²) in [6.07, 6.45) is 0.505. The fraction of sp³-hybridized carbons (Fsp3) is 0.250. The van der Waals surface area contributed by atoms with E-state index >= 15 is 0 Å². The molecule has 0 aliphatic carbocycles. The zero-order chi connectivity index (χ0) is 12.8. The molecule has 0 N–H and O–H groups in total. The number of hydrogen-bond donors (Lipinski definition) is 0. The van der Waals surface area contributed by atoms with Gasteiger partial charge in [0.2, 0.25) is 0 Å². The predicted octanol–water partition coefficient (Wildman–Crippen LogP) is 2.13. The van der Waals surface area contributed by atoms with Crippen LogP contribution in [0.3, 0.4) is 0 Å². The molecule has 0 aliphatic heterocycles. The minimum absolute atomic E-state index is 0.0344. The minimum atomic E-state index is -0.434. The largest absolute Gasteiger partial charge is 0.466 e. The van der Waals surface area contributed by atoms with Crippen molar-refractivity contribution in [1.82, 2.24) is 0 Å². The fourth-order valence-corrected chi connectivity index (χ4v) is 1.64. The van der Waals surface area contributed by atoms with E-state index in [1.165, 1.54) is 12.1 Å². The molecule has 1 rings (SSSR count). The number of hydrogen-bond acceptors (Lipinski definition) is 4. The molecule has 4 nitrogen and oxygen atoms in total. The van der Waals surface area contributed by atoms with Crippen LogP contribution in [0.15, 0.2) is 12.1 Å². The van der Waals surface area contributed by atoms with Crippen LogP contribution in [-0.2, 0) is 16.0 Å². The molecule has 0 spiro atoms. The van der Waals surface area contributed by atoms with E-state index in [1.54, 1.807) is 6.92 Å². The van der Waals surface area contributed by atoms with Crippen LogP contribution in [0.4, 0.5) is 0 Å². The molecule has 1 aromatic carbocycles. The van der Waals surface area contributed by atoms with Crippen LogP contribution in [0.1, 0.15) is 28.4 Å². The van der Waals surface area contributed by atoms with Crippen molar-refractivity contribution in [2.75, 3.05) is 6.61 Å². The number of halogens is 1. The van der Waals surface area contributed by atoms with Gasteiger partial charge >= 0.3 is 5.97 Å². The molecular formula is C12H10ClNO3. The number of esters is 1. The lowest BCUT2D eigenvalue weighted by molar-refractivity contribution is -0.142. The van der Waals surface area contributed by atoms with Crippen molar-refractivity contribution < 1.29 is 14.3 Å². The van der Waals surface area contributed by atoms with E-state index < -0.39 is 5.97 Å². The molecular weight excluding hydrogens is 242 g/mol. The van der Waals surface area contributed by atoms with Gasteiger partial charge in [0.25, 0.3) is 0 Å². The molecule has 17 heavy (non-hydrogen) atoms. The SMILES string of the molecule is CCOC(=O)Cc1ccc(C#N)c(Cl)c1C=O. The lowest BCUT2D eigenvalue weighted by atomic mass is 10.0. The Bertz CT molecular complexity index is 491. The van der Waals surface area contributed by atoms with Crippen molar-refractivity contribution in [3.63, 3.8) is 0 Å². The zero-order valence-electron chi connectivity index (χ0n) is 9.20. The first-order valence-corrected chi connectivity index (χ1v) is 5.34. The van der Waals surface area contributed by atoms with Gasteiger partial charge < -0.3 is 4.74 Å². The average Bonchev–Trinajstić information content (AvgIpc) is 2.30. The molecule has 88 valence electrons. The van der Waals surface area contributed by atoms with Crippen molar-refractivity contribution in [2.45, 2.75) is 13.3 Å². The van der Waals surface area contributed by atoms with Gasteiger partial charge in [0.05, 0.1) is 23.6 Å². The molecule has 0 amide bonds. The Morgan fingerprint density at radius 3 is 2.82 bits per heavy atom. The van der Waals surface area contributed by atoms with Gasteiger partial charge in [0.1, 0.15) is 6.07 Å². The maximum atomic E-state index is 11.3. The summed E-state index contributed by atoms with van der Waals surface area (Å²) in [5, 5.41) is 8.83. The highest BCUT2D eigenvalue weighted by molar-refractivity contribution is 6.34. The van der Waals surface area contributed by atoms with Crippen molar-refractivity contribution in [2.24, 2.45) is 0 Å². The monoisotopic (exact) mass is 251 g/mol. The highest BCUT2D eigenvalue weighted by atomic mass is 35.5. The topological polar surface area (TPSA) is 67.2 Å². The van der Waals surface area contributed by atoms with Gasteiger partial charge in [-0.15, -0.1) is 0 Å². The summed E-state index contributed by atoms with van der Waals surface area (Å²) in [6.45, 7) is 1.98. The lowest BCUT2D eigenvalue weighted by Gasteiger charge is -2.07. The number of ether oxygens (including phenoxy) is 1. The summed E-state index contributed by atoms with van der Waals surface area (Å²) in [6, 6.07) is 4.88. The summed E-state index contributed by atoms with van der Waals surface area (Å²) >= 11 is 5.87. The Hall–Kier alpha value is -1.86. The lowest BCUT2D eigenvalue weighted by Crippen LogP contribution is -2.09. The van der Waals surface area contributed by atoms with Crippen LogP contribution in [0.2, 0.25) is 5.02 Å². The van der Waals surface area contributed by atoms with E-state index in [0.29, 0.717) is 11.8 Å². The zero-order valence-corrected chi connectivity index (χ0v) is 9.95. The van der Waals surface area contributed by atoms with Crippen molar-refractivity contribution in [3.05, 3.63) is 33.8 Å². The Kier molecular flexibility index (Phi) is 4.68. The van der Waals surface area contributed by atoms with Crippen LogP contribution in [-0.4, -0.2) is 18.9 Å². The average molecular weight is 252 g/mol. The summed E-state index contributed by atoms with van der Waals surface area (Å²) < 4.78 is 4.78. The van der Waals surface area contributed by atoms with E-state index in [9.17, 15) is 9.59 Å². The normalized spacial score (nSPS) is 9.47. The molecule has 0 fully saturated rings. The van der Waals surface area contributed by atoms with E-state index in [2.05, 4.69) is 0 Å². The molecule has 0 saturated heterocycles. The molecule has 0 atom stereocenters. The number of carbonyl (C=O) groups excluding carboxylic acids is 2. The summed E-state index contributed by atoms with van der Waals surface area (Å²) in [5.74, 6) is -0.434. The van der Waals surface area contributed by atoms with Crippen LogP contribution in [0, 0.1) is 11.3 Å². The third kappa shape index (κ3) is 3.05. The predicted molar refractivity (Wildman–Crippen MR) is 61.9 cm³/mol. The maximum Gasteiger partial charge on any atom is 0.310 e. The Morgan fingerprint density at radius 1 is 1.59 bits per heavy atom. The molecule has 5 heteroatoms. The summed E-state index contributed by atoms with van der Waals surface area (Å²) in [4.78, 5) is 22.2. The van der Waals surface area contributed by atoms with E-state index in [1.807, 2.05) is 6.07 Å². The number of carbonyl (C=O) groups is 2. The Labute approximate surface area is 104 Å². The third-order valence-corrected chi connectivity index (χ3v) is 2.56. The molecule has 0 unspecified atom stereocenters. The second kappa shape index (κ2) is 6.02. The van der Waals surface area contributed by atoms with Gasteiger partial charge in [-0.2, -0.15) is 5.26 Å². The van der Waals surface area contributed by atoms with Crippen LogP contribution in [0.25, 0.3) is 0 Å². The van der Waals surface area contributed by atoms with Gasteiger partial charge in [-0.25, -0.2) is 0 Å². The highest BCUT2D eigenvalue weighted by Gasteiger charge is 2.14. The molecule has 0 heterocycles. The molecule has 0 saturated carbocycles. The first kappa shape index (κ1) is 13.2. The minimum Gasteiger partial charge on any atom is -0.466 e. The van der Waals surface area contributed by atoms with Gasteiger partial charge in [-0.1, -0.05) is 17.7 Å². The standard InChI is InChI=1S/C12H10ClNO3/c1-2-17-11(16)5-8-3-4-9(6-14)12(13)10(8)7-15/h3-4,7H,2,5H2,1H3. The fourth-order valence-electron chi connectivity index (χ4n) is 1.37. The highest BCUT2D eigenvalue weighted by Crippen LogP contribution is 2.23. The number of rotatable bonds is 4. The summed E-state index contributed by atoms with van der Waals surface area (Å²) in [5.41, 5.74) is 0.836. The van der Waals surface area contributed by atoms with E-state index in [-0.39, 0.29) is 29.2 Å². The van der Waals surface area contributed by atoms with Gasteiger partial charge in [0, 0.05) is 5.56 Å². The molecule has 0 bridgehead atoms. The Morgan fingerprint density at radius 2 is 2.29 bits per heavy atom. The van der Waals surface area contributed by atoms with Crippen LogP contribution in [0.5, 0.6) is 0 Å². The van der Waals surface area contributed by atoms with Crippen molar-refractivity contribution >= 4 is 23.9 Å². The number of aldehydes is 1. The molecule has 0 radical (unpaired) electrons. The first-order chi connectivity index (χ1) is 8.13. The second-order valence-corrected chi connectivity index (χ2v) is 3.59. The van der Waals surface area contributed by atoms with Crippen molar-refractivity contribution in [1.29, 1.82) is 5.26 Å². The Balaban J connectivity index is 3.10. The second-order valence-electron chi connectivity index (χ2n) is 3.21. The van der Waals surface area contributed by atoms with Gasteiger partial charge in [-0.05, 0) is 18.6 Å². The van der Waals surface area contributed by atoms with Gasteiger partial charge in [-0.3, -0.25) is 9.59 Å². The first-order valence-electron chi connectivity index (χ1n) is 4.96. The van der Waals surface area contributed by atoms with Crippen LogP contribution >= 0.6 is 11.6 Å². The third-order valence-electron chi connectivity index (χ3n) is 2.15. The quantitative estimate of drug-likeness (QED) is 0.607. The summed E-state index contributed by atoms with van der Waals surface area (Å²) in [7, 11) is 0. The maximum absolute atomic E-state index is 11.3. The molecule has 1 aromatic rings. The van der Waals surface area contributed by atoms with E-state index in [4.69, 9.17) is 21.6 Å². The molecule has 0 aromatic heterocycles. The smallest absolute Gasteiger partial charge is 0.310 e. The number of benzene rings is 1. The molecule has 0 aliphatic rings. The number of nitriles is 1. The van der Waals surface area contributed by atoms with E-state index in [0.717, 1.165) is 0 Å². The van der Waals surface area contributed by atoms with Crippen LogP contribution < -0.4 is 0 Å².